The molecule has 1 aromatic carbocycles. The van der Waals surface area contributed by atoms with Crippen LogP contribution in [0.2, 0.25) is 0 Å². The van der Waals surface area contributed by atoms with Gasteiger partial charge in [0.2, 0.25) is 0 Å². The normalized spacial score (nSPS) is 28.5. The van der Waals surface area contributed by atoms with E-state index in [2.05, 4.69) is 6.92 Å². The zero-order valence-electron chi connectivity index (χ0n) is 20.7. The van der Waals surface area contributed by atoms with Crippen LogP contribution in [0.25, 0.3) is 0 Å². The van der Waals surface area contributed by atoms with Gasteiger partial charge in [-0.15, -0.1) is 0 Å². The van der Waals surface area contributed by atoms with E-state index in [1.165, 1.54) is 38.3 Å². The highest BCUT2D eigenvalue weighted by Gasteiger charge is 2.37. The van der Waals surface area contributed by atoms with Gasteiger partial charge in [0.25, 0.3) is 0 Å². The number of hydrogen-bond acceptors (Lipinski definition) is 1. The molecule has 0 bridgehead atoms. The Balaban J connectivity index is 0.000000190. The maximum Gasteiger partial charge on any atom is 0.419 e. The summed E-state index contributed by atoms with van der Waals surface area (Å²) in [6.07, 6.45) is 14.0. The molecule has 188 valence electrons. The van der Waals surface area contributed by atoms with E-state index in [0.29, 0.717) is 0 Å². The molecule has 1 aromatic rings. The molecule has 0 heterocycles. The molecular formula is C28H42F4O. The fourth-order valence-corrected chi connectivity index (χ4v) is 6.12. The van der Waals surface area contributed by atoms with E-state index in [4.69, 9.17) is 4.74 Å². The van der Waals surface area contributed by atoms with Crippen molar-refractivity contribution < 1.29 is 22.3 Å². The first kappa shape index (κ1) is 26.3. The van der Waals surface area contributed by atoms with Crippen LogP contribution in [0.4, 0.5) is 17.6 Å². The summed E-state index contributed by atoms with van der Waals surface area (Å²) in [6, 6.07) is 2.39. The van der Waals surface area contributed by atoms with Gasteiger partial charge >= 0.3 is 6.18 Å². The van der Waals surface area contributed by atoms with Gasteiger partial charge in [-0.3, -0.25) is 0 Å². The molecular weight excluding hydrogens is 428 g/mol. The Labute approximate surface area is 197 Å². The summed E-state index contributed by atoms with van der Waals surface area (Å²) in [5.74, 6) is 3.81. The molecule has 1 nitrogen and oxygen atoms in total. The van der Waals surface area contributed by atoms with E-state index in [-0.39, 0.29) is 17.9 Å². The maximum absolute atomic E-state index is 13.4. The van der Waals surface area contributed by atoms with Crippen molar-refractivity contribution >= 4 is 0 Å². The van der Waals surface area contributed by atoms with Crippen molar-refractivity contribution in [1.82, 2.24) is 0 Å². The molecule has 3 fully saturated rings. The second-order valence-electron chi connectivity index (χ2n) is 10.8. The van der Waals surface area contributed by atoms with Crippen molar-refractivity contribution in [3.63, 3.8) is 0 Å². The van der Waals surface area contributed by atoms with E-state index in [1.54, 1.807) is 64.7 Å². The van der Waals surface area contributed by atoms with Gasteiger partial charge in [0.15, 0.2) is 11.6 Å². The average Bonchev–Trinajstić information content (AvgIpc) is 2.74. The van der Waals surface area contributed by atoms with Crippen LogP contribution in [0.15, 0.2) is 12.1 Å². The smallest absolute Gasteiger partial charge is 0.419 e. The Morgan fingerprint density at radius 2 is 1.39 bits per heavy atom. The van der Waals surface area contributed by atoms with Crippen LogP contribution < -0.4 is 4.74 Å². The molecule has 0 N–H and O–H groups in total. The van der Waals surface area contributed by atoms with Crippen LogP contribution in [0, 0.1) is 42.3 Å². The van der Waals surface area contributed by atoms with Gasteiger partial charge in [-0.25, -0.2) is 4.39 Å². The number of rotatable bonds is 5. The average molecular weight is 471 g/mol. The van der Waals surface area contributed by atoms with Crippen LogP contribution in [0.3, 0.4) is 0 Å². The van der Waals surface area contributed by atoms with Gasteiger partial charge in [0.1, 0.15) is 0 Å². The molecule has 0 aromatic heterocycles. The lowest BCUT2D eigenvalue weighted by Gasteiger charge is -2.39. The van der Waals surface area contributed by atoms with Crippen LogP contribution in [-0.2, 0) is 6.18 Å². The van der Waals surface area contributed by atoms with Gasteiger partial charge in [0, 0.05) is 0 Å². The Bertz CT molecular complexity index is 724. The van der Waals surface area contributed by atoms with Crippen molar-refractivity contribution in [3.05, 3.63) is 29.1 Å². The molecule has 0 radical (unpaired) electrons. The number of benzene rings is 1. The molecule has 3 aliphatic rings. The Morgan fingerprint density at radius 1 is 0.848 bits per heavy atom. The maximum atomic E-state index is 13.4. The number of halogens is 4. The summed E-state index contributed by atoms with van der Waals surface area (Å²) in [5.41, 5.74) is -1.41. The van der Waals surface area contributed by atoms with Gasteiger partial charge in [-0.1, -0.05) is 57.9 Å². The Hall–Kier alpha value is -1.26. The fourth-order valence-electron chi connectivity index (χ4n) is 6.12. The molecule has 33 heavy (non-hydrogen) atoms. The Morgan fingerprint density at radius 3 is 1.88 bits per heavy atom. The molecule has 0 spiro atoms. The third-order valence-electron chi connectivity index (χ3n) is 8.41. The van der Waals surface area contributed by atoms with Crippen LogP contribution >= 0.6 is 0 Å². The van der Waals surface area contributed by atoms with E-state index < -0.39 is 17.6 Å². The van der Waals surface area contributed by atoms with Crippen molar-refractivity contribution in [2.75, 3.05) is 6.61 Å². The molecule has 0 amide bonds. The van der Waals surface area contributed by atoms with Crippen LogP contribution in [-0.4, -0.2) is 6.61 Å². The van der Waals surface area contributed by atoms with Crippen molar-refractivity contribution in [2.24, 2.45) is 29.6 Å². The SMILES string of the molecule is CC1CCC(C2CCC(CC3CCC3)CC2)CC1.CCOc1ccc(C)c(C(F)(F)F)c1F. The zero-order chi connectivity index (χ0) is 24.0. The minimum atomic E-state index is -4.69. The highest BCUT2D eigenvalue weighted by Crippen LogP contribution is 2.44. The molecule has 0 aliphatic heterocycles. The fraction of sp³-hybridized carbons (Fsp3) is 0.786. The molecule has 5 heteroatoms. The van der Waals surface area contributed by atoms with Gasteiger partial charge in [0.05, 0.1) is 12.2 Å². The van der Waals surface area contributed by atoms with Crippen molar-refractivity contribution in [2.45, 2.75) is 104 Å². The molecule has 0 saturated heterocycles. The zero-order valence-corrected chi connectivity index (χ0v) is 20.7. The van der Waals surface area contributed by atoms with E-state index in [9.17, 15) is 17.6 Å². The third kappa shape index (κ3) is 7.36. The summed E-state index contributed by atoms with van der Waals surface area (Å²) in [6.45, 7) is 5.36. The highest BCUT2D eigenvalue weighted by molar-refractivity contribution is 5.38. The van der Waals surface area contributed by atoms with Crippen LogP contribution in [0.5, 0.6) is 5.75 Å². The molecule has 0 unspecified atom stereocenters. The van der Waals surface area contributed by atoms with Crippen LogP contribution in [0.1, 0.15) is 102 Å². The lowest BCUT2D eigenvalue weighted by atomic mass is 9.67. The molecule has 3 saturated carbocycles. The van der Waals surface area contributed by atoms with Crippen molar-refractivity contribution in [1.29, 1.82) is 0 Å². The van der Waals surface area contributed by atoms with Gasteiger partial charge in [-0.2, -0.15) is 13.2 Å². The summed E-state index contributed by atoms with van der Waals surface area (Å²) in [7, 11) is 0. The number of aryl methyl sites for hydroxylation is 1. The first-order valence-electron chi connectivity index (χ1n) is 13.2. The monoisotopic (exact) mass is 470 g/mol. The number of ether oxygens (including phenoxy) is 1. The second kappa shape index (κ2) is 11.9. The first-order chi connectivity index (χ1) is 15.7. The predicted octanol–water partition coefficient (Wildman–Crippen LogP) is 9.36. The first-order valence-corrected chi connectivity index (χ1v) is 13.2. The lowest BCUT2D eigenvalue weighted by Crippen LogP contribution is -2.26. The Kier molecular flexibility index (Phi) is 9.52. The minimum Gasteiger partial charge on any atom is -0.491 e. The van der Waals surface area contributed by atoms with E-state index in [0.717, 1.165) is 29.6 Å². The lowest BCUT2D eigenvalue weighted by molar-refractivity contribution is -0.140. The second-order valence-corrected chi connectivity index (χ2v) is 10.8. The molecule has 3 aliphatic carbocycles. The summed E-state index contributed by atoms with van der Waals surface area (Å²) >= 11 is 0. The summed E-state index contributed by atoms with van der Waals surface area (Å²) in [5, 5.41) is 0. The largest absolute Gasteiger partial charge is 0.491 e. The van der Waals surface area contributed by atoms with E-state index in [1.807, 2.05) is 0 Å². The van der Waals surface area contributed by atoms with Crippen molar-refractivity contribution in [3.8, 4) is 5.75 Å². The predicted molar refractivity (Wildman–Crippen MR) is 126 cm³/mol. The molecule has 0 atom stereocenters. The highest BCUT2D eigenvalue weighted by atomic mass is 19.4. The minimum absolute atomic E-state index is 0.122. The topological polar surface area (TPSA) is 9.23 Å². The van der Waals surface area contributed by atoms with Gasteiger partial charge < -0.3 is 4.74 Å². The summed E-state index contributed by atoms with van der Waals surface area (Å²) in [4.78, 5) is 0. The standard InChI is InChI=1S/C18H32.C10H10F4O/c1-14-5-9-17(10-6-14)18-11-7-16(8-12-18)13-15-3-2-4-15;1-3-15-7-5-4-6(2)8(9(7)11)10(12,13)14/h14-18H,2-13H2,1H3;4-5H,3H2,1-2H3. The molecule has 4 rings (SSSR count). The van der Waals surface area contributed by atoms with E-state index >= 15 is 0 Å². The van der Waals surface area contributed by atoms with Gasteiger partial charge in [-0.05, 0) is 87.2 Å². The number of alkyl halides is 3. The number of hydrogen-bond donors (Lipinski definition) is 0. The quantitative estimate of drug-likeness (QED) is 0.390. The summed E-state index contributed by atoms with van der Waals surface area (Å²) < 4.78 is 55.4. The third-order valence-corrected chi connectivity index (χ3v) is 8.41.